The van der Waals surface area contributed by atoms with E-state index >= 15 is 0 Å². The lowest BCUT2D eigenvalue weighted by atomic mass is 9.85. The number of carbonyl (C=O) groups is 2. The fraction of sp³-hybridized carbons (Fsp3) is 0.615. The third kappa shape index (κ3) is 8.34. The van der Waals surface area contributed by atoms with Gasteiger partial charge < -0.3 is 14.9 Å². The van der Waals surface area contributed by atoms with Gasteiger partial charge in [0.2, 0.25) is 0 Å². The molecule has 1 aromatic rings. The summed E-state index contributed by atoms with van der Waals surface area (Å²) in [4.78, 5) is 23.8. The van der Waals surface area contributed by atoms with Crippen LogP contribution in [0.25, 0.3) is 0 Å². The van der Waals surface area contributed by atoms with Crippen LogP contribution in [0.1, 0.15) is 86.6 Å². The zero-order valence-corrected chi connectivity index (χ0v) is 19.8. The molecule has 0 bridgehead atoms. The van der Waals surface area contributed by atoms with Crippen molar-refractivity contribution in [2.75, 3.05) is 13.2 Å². The van der Waals surface area contributed by atoms with Gasteiger partial charge in [0.05, 0.1) is 12.7 Å². The Hall–Kier alpha value is -1.69. The summed E-state index contributed by atoms with van der Waals surface area (Å²) in [6.07, 6.45) is 10.4. The molecule has 1 fully saturated rings. The number of Topliss-reactive ketones (excluding diaryl/α,β-unsaturated/α-hetero) is 1. The van der Waals surface area contributed by atoms with Gasteiger partial charge in [-0.15, -0.1) is 11.6 Å². The maximum Gasteiger partial charge on any atom is 0.305 e. The second-order valence-electron chi connectivity index (χ2n) is 8.55. The second kappa shape index (κ2) is 14.5. The van der Waals surface area contributed by atoms with Gasteiger partial charge in [0.15, 0.2) is 5.78 Å². The number of alkyl halides is 1. The molecule has 178 valence electrons. The van der Waals surface area contributed by atoms with Crippen molar-refractivity contribution in [3.8, 4) is 0 Å². The summed E-state index contributed by atoms with van der Waals surface area (Å²) in [5.74, 6) is -0.0603. The first-order valence-corrected chi connectivity index (χ1v) is 12.3. The predicted molar refractivity (Wildman–Crippen MR) is 127 cm³/mol. The molecule has 1 aliphatic rings. The summed E-state index contributed by atoms with van der Waals surface area (Å²) in [5.41, 5.74) is 1.75. The molecule has 0 amide bonds. The highest BCUT2D eigenvalue weighted by Crippen LogP contribution is 2.44. The number of unbranched alkanes of at least 4 members (excludes halogenated alkanes) is 3. The van der Waals surface area contributed by atoms with Crippen molar-refractivity contribution in [1.29, 1.82) is 0 Å². The lowest BCUT2D eigenvalue weighted by Gasteiger charge is -2.23. The highest BCUT2D eigenvalue weighted by Gasteiger charge is 2.41. The summed E-state index contributed by atoms with van der Waals surface area (Å²) >= 11 is 6.57. The monoisotopic (exact) mass is 464 g/mol. The highest BCUT2D eigenvalue weighted by molar-refractivity contribution is 6.21. The van der Waals surface area contributed by atoms with Crippen LogP contribution < -0.4 is 0 Å². The molecule has 1 saturated carbocycles. The number of aliphatic hydroxyl groups is 2. The molecule has 2 N–H and O–H groups in total. The van der Waals surface area contributed by atoms with E-state index < -0.39 is 6.10 Å². The van der Waals surface area contributed by atoms with Crippen molar-refractivity contribution in [2.24, 2.45) is 5.92 Å². The Balaban J connectivity index is 1.88. The fourth-order valence-electron chi connectivity index (χ4n) is 4.36. The van der Waals surface area contributed by atoms with Crippen LogP contribution >= 0.6 is 11.6 Å². The van der Waals surface area contributed by atoms with Crippen LogP contribution in [0, 0.1) is 5.92 Å². The van der Waals surface area contributed by atoms with Gasteiger partial charge in [-0.1, -0.05) is 56.2 Å². The van der Waals surface area contributed by atoms with Crippen LogP contribution in [-0.2, 0) is 9.53 Å². The Morgan fingerprint density at radius 1 is 1.12 bits per heavy atom. The molecule has 4 atom stereocenters. The first-order valence-electron chi connectivity index (χ1n) is 11.8. The van der Waals surface area contributed by atoms with E-state index in [1.807, 2.05) is 30.3 Å². The second-order valence-corrected chi connectivity index (χ2v) is 9.11. The number of hydrogen-bond donors (Lipinski definition) is 2. The van der Waals surface area contributed by atoms with Crippen LogP contribution in [0.5, 0.6) is 0 Å². The van der Waals surface area contributed by atoms with Crippen molar-refractivity contribution in [3.05, 3.63) is 47.5 Å². The van der Waals surface area contributed by atoms with E-state index in [9.17, 15) is 14.7 Å². The standard InChI is InChI=1S/C26H37ClO5/c1-2-3-6-10-23(29)19-12-14-20(15-13-19)26-21(22(27)18-24(26)30)9-7-4-5-8-11-25(31)32-17-16-28/h4,7,12-15,21-22,24,26,28,30H,2-3,5-6,8-11,16-18H2,1H3/b7-4-/t21-,22+,24?,26+/m0/s1. The Morgan fingerprint density at radius 3 is 2.56 bits per heavy atom. The molecule has 32 heavy (non-hydrogen) atoms. The molecule has 0 heterocycles. The average Bonchev–Trinajstić information content (AvgIpc) is 3.07. The topological polar surface area (TPSA) is 83.8 Å². The van der Waals surface area contributed by atoms with E-state index in [1.165, 1.54) is 0 Å². The molecule has 1 unspecified atom stereocenters. The smallest absolute Gasteiger partial charge is 0.305 e. The van der Waals surface area contributed by atoms with Crippen LogP contribution in [-0.4, -0.2) is 46.7 Å². The number of ether oxygens (including phenoxy) is 1. The van der Waals surface area contributed by atoms with Gasteiger partial charge >= 0.3 is 5.97 Å². The Labute approximate surface area is 196 Å². The Morgan fingerprint density at radius 2 is 1.88 bits per heavy atom. The number of esters is 1. The van der Waals surface area contributed by atoms with Crippen molar-refractivity contribution >= 4 is 23.4 Å². The Bertz CT molecular complexity index is 730. The van der Waals surface area contributed by atoms with Gasteiger partial charge in [-0.05, 0) is 43.6 Å². The van der Waals surface area contributed by atoms with Crippen LogP contribution in [0.4, 0.5) is 0 Å². The zero-order valence-electron chi connectivity index (χ0n) is 19.0. The lowest BCUT2D eigenvalue weighted by molar-refractivity contribution is -0.144. The summed E-state index contributed by atoms with van der Waals surface area (Å²) in [6, 6.07) is 7.68. The molecule has 2 rings (SSSR count). The Kier molecular flexibility index (Phi) is 12.0. The van der Waals surface area contributed by atoms with Gasteiger partial charge in [0.25, 0.3) is 0 Å². The first-order chi connectivity index (χ1) is 15.5. The van der Waals surface area contributed by atoms with E-state index in [1.54, 1.807) is 0 Å². The van der Waals surface area contributed by atoms with Crippen molar-refractivity contribution < 1.29 is 24.5 Å². The SMILES string of the molecule is CCCCCC(=O)c1ccc([C@H]2C(O)C[C@@H](Cl)[C@@H]2C/C=C\CCCC(=O)OCCO)cc1. The molecule has 1 aliphatic carbocycles. The molecule has 0 radical (unpaired) electrons. The predicted octanol–water partition coefficient (Wildman–Crippen LogP) is 5.17. The number of hydrogen-bond acceptors (Lipinski definition) is 5. The third-order valence-electron chi connectivity index (χ3n) is 6.11. The quantitative estimate of drug-likeness (QED) is 0.130. The summed E-state index contributed by atoms with van der Waals surface area (Å²) < 4.78 is 4.84. The van der Waals surface area contributed by atoms with Gasteiger partial charge in [-0.2, -0.15) is 0 Å². The van der Waals surface area contributed by atoms with Crippen LogP contribution in [0.3, 0.4) is 0 Å². The highest BCUT2D eigenvalue weighted by atomic mass is 35.5. The van der Waals surface area contributed by atoms with E-state index in [-0.39, 0.29) is 42.2 Å². The summed E-state index contributed by atoms with van der Waals surface area (Å²) in [5, 5.41) is 19.2. The van der Waals surface area contributed by atoms with Gasteiger partial charge in [0, 0.05) is 29.7 Å². The van der Waals surface area contributed by atoms with Crippen molar-refractivity contribution in [1.82, 2.24) is 0 Å². The van der Waals surface area contributed by atoms with Gasteiger partial charge in [0.1, 0.15) is 6.61 Å². The number of aliphatic hydroxyl groups excluding tert-OH is 2. The molecule has 6 heteroatoms. The number of allylic oxidation sites excluding steroid dienone is 2. The normalized spacial score (nSPS) is 23.0. The largest absolute Gasteiger partial charge is 0.463 e. The number of rotatable bonds is 14. The average molecular weight is 465 g/mol. The van der Waals surface area contributed by atoms with E-state index in [4.69, 9.17) is 21.4 Å². The molecule has 1 aromatic carbocycles. The number of ketones is 1. The van der Waals surface area contributed by atoms with Crippen LogP contribution in [0.15, 0.2) is 36.4 Å². The zero-order chi connectivity index (χ0) is 23.3. The minimum atomic E-state index is -0.497. The van der Waals surface area contributed by atoms with E-state index in [0.717, 1.165) is 43.2 Å². The molecule has 0 saturated heterocycles. The molecule has 0 aromatic heterocycles. The maximum atomic E-state index is 12.3. The number of benzene rings is 1. The van der Waals surface area contributed by atoms with Crippen molar-refractivity contribution in [2.45, 2.75) is 82.1 Å². The summed E-state index contributed by atoms with van der Waals surface area (Å²) in [7, 11) is 0. The van der Waals surface area contributed by atoms with E-state index in [0.29, 0.717) is 25.7 Å². The number of halogens is 1. The maximum absolute atomic E-state index is 12.3. The minimum absolute atomic E-state index is 0.0468. The van der Waals surface area contributed by atoms with Gasteiger partial charge in [-0.25, -0.2) is 0 Å². The molecular weight excluding hydrogens is 428 g/mol. The molecule has 5 nitrogen and oxygen atoms in total. The van der Waals surface area contributed by atoms with Crippen LogP contribution in [0.2, 0.25) is 0 Å². The lowest BCUT2D eigenvalue weighted by Crippen LogP contribution is -2.18. The fourth-order valence-corrected chi connectivity index (χ4v) is 4.81. The minimum Gasteiger partial charge on any atom is -0.463 e. The molecule has 0 aliphatic heterocycles. The van der Waals surface area contributed by atoms with Crippen molar-refractivity contribution in [3.63, 3.8) is 0 Å². The number of carbonyl (C=O) groups excluding carboxylic acids is 2. The molecule has 0 spiro atoms. The first kappa shape index (κ1) is 26.6. The molecular formula is C26H37ClO5. The third-order valence-corrected chi connectivity index (χ3v) is 6.61. The van der Waals surface area contributed by atoms with E-state index in [2.05, 4.69) is 13.0 Å². The summed E-state index contributed by atoms with van der Waals surface area (Å²) in [6.45, 7) is 2.02. The van der Waals surface area contributed by atoms with Gasteiger partial charge in [-0.3, -0.25) is 9.59 Å².